The van der Waals surface area contributed by atoms with Crippen molar-refractivity contribution in [3.8, 4) is 5.75 Å². The molecule has 3 aromatic rings. The van der Waals surface area contributed by atoms with E-state index in [2.05, 4.69) is 10.5 Å². The maximum atomic E-state index is 12.1. The van der Waals surface area contributed by atoms with Crippen molar-refractivity contribution in [3.05, 3.63) is 98.5 Å². The number of ether oxygens (including phenoxy) is 1. The summed E-state index contributed by atoms with van der Waals surface area (Å²) in [5.41, 5.74) is 7.55. The third-order valence-electron chi connectivity index (χ3n) is 4.61. The lowest BCUT2D eigenvalue weighted by molar-refractivity contribution is -0.120. The molecular formula is C24H22Cl2N2O2. The van der Waals surface area contributed by atoms with Gasteiger partial charge in [-0.25, -0.2) is 5.43 Å². The molecule has 0 saturated heterocycles. The average Bonchev–Trinajstić information content (AvgIpc) is 2.70. The first kappa shape index (κ1) is 21.9. The molecule has 0 atom stereocenters. The zero-order valence-electron chi connectivity index (χ0n) is 16.8. The molecule has 0 aromatic heterocycles. The second-order valence-corrected chi connectivity index (χ2v) is 7.83. The Hall–Kier alpha value is -2.82. The van der Waals surface area contributed by atoms with Crippen molar-refractivity contribution in [2.45, 2.75) is 26.9 Å². The van der Waals surface area contributed by atoms with E-state index < -0.39 is 0 Å². The van der Waals surface area contributed by atoms with Crippen LogP contribution in [-0.2, 0) is 17.8 Å². The van der Waals surface area contributed by atoms with Crippen LogP contribution in [0.5, 0.6) is 5.75 Å². The number of rotatable bonds is 7. The summed E-state index contributed by atoms with van der Waals surface area (Å²) in [5, 5.41) is 5.19. The number of hydrogen-bond donors (Lipinski definition) is 1. The third-order valence-corrected chi connectivity index (χ3v) is 5.19. The van der Waals surface area contributed by atoms with Gasteiger partial charge in [-0.05, 0) is 60.4 Å². The Labute approximate surface area is 186 Å². The maximum Gasteiger partial charge on any atom is 0.244 e. The molecule has 3 aromatic carbocycles. The molecule has 0 aliphatic rings. The molecule has 0 saturated carbocycles. The highest BCUT2D eigenvalue weighted by atomic mass is 35.5. The van der Waals surface area contributed by atoms with Crippen LogP contribution in [0.15, 0.2) is 65.8 Å². The topological polar surface area (TPSA) is 50.7 Å². The van der Waals surface area contributed by atoms with Gasteiger partial charge in [0.1, 0.15) is 12.4 Å². The molecule has 0 heterocycles. The van der Waals surface area contributed by atoms with E-state index in [-0.39, 0.29) is 12.3 Å². The van der Waals surface area contributed by atoms with Gasteiger partial charge in [0.15, 0.2) is 0 Å². The molecule has 0 aliphatic carbocycles. The minimum atomic E-state index is -0.167. The highest BCUT2D eigenvalue weighted by Crippen LogP contribution is 2.23. The summed E-state index contributed by atoms with van der Waals surface area (Å²) in [6.07, 6.45) is 1.86. The normalized spacial score (nSPS) is 10.9. The summed E-state index contributed by atoms with van der Waals surface area (Å²) >= 11 is 12.1. The van der Waals surface area contributed by atoms with Crippen LogP contribution in [-0.4, -0.2) is 12.1 Å². The van der Waals surface area contributed by atoms with Crippen molar-refractivity contribution in [2.75, 3.05) is 0 Å². The van der Waals surface area contributed by atoms with Gasteiger partial charge in [0.05, 0.1) is 12.6 Å². The van der Waals surface area contributed by atoms with Crippen molar-refractivity contribution in [1.29, 1.82) is 0 Å². The van der Waals surface area contributed by atoms with E-state index in [9.17, 15) is 4.79 Å². The lowest BCUT2D eigenvalue weighted by Gasteiger charge is -2.08. The first-order valence-corrected chi connectivity index (χ1v) is 10.2. The summed E-state index contributed by atoms with van der Waals surface area (Å²) in [6, 6.07) is 18.7. The van der Waals surface area contributed by atoms with Crippen molar-refractivity contribution in [1.82, 2.24) is 5.43 Å². The minimum Gasteiger partial charge on any atom is -0.489 e. The molecule has 0 fully saturated rings. The Bertz CT molecular complexity index is 1080. The van der Waals surface area contributed by atoms with Gasteiger partial charge in [-0.1, -0.05) is 59.6 Å². The molecule has 30 heavy (non-hydrogen) atoms. The van der Waals surface area contributed by atoms with Crippen LogP contribution < -0.4 is 10.2 Å². The lowest BCUT2D eigenvalue weighted by atomic mass is 10.0. The van der Waals surface area contributed by atoms with E-state index in [1.807, 2.05) is 62.4 Å². The number of hydrogen-bond acceptors (Lipinski definition) is 3. The third kappa shape index (κ3) is 6.34. The number of benzene rings is 3. The van der Waals surface area contributed by atoms with E-state index in [0.717, 1.165) is 16.7 Å². The van der Waals surface area contributed by atoms with Gasteiger partial charge in [0, 0.05) is 15.6 Å². The first-order chi connectivity index (χ1) is 14.4. The summed E-state index contributed by atoms with van der Waals surface area (Å²) in [4.78, 5) is 12.1. The highest BCUT2D eigenvalue weighted by Gasteiger charge is 2.05. The van der Waals surface area contributed by atoms with E-state index in [1.54, 1.807) is 18.3 Å². The zero-order valence-corrected chi connectivity index (χ0v) is 18.3. The Morgan fingerprint density at radius 3 is 2.63 bits per heavy atom. The summed E-state index contributed by atoms with van der Waals surface area (Å²) in [7, 11) is 0. The van der Waals surface area contributed by atoms with Crippen LogP contribution in [0.3, 0.4) is 0 Å². The molecule has 0 spiro atoms. The number of carbonyl (C=O) groups excluding carboxylic acids is 1. The monoisotopic (exact) mass is 440 g/mol. The van der Waals surface area contributed by atoms with Crippen LogP contribution in [0.4, 0.5) is 0 Å². The Morgan fingerprint density at radius 1 is 1.03 bits per heavy atom. The van der Waals surface area contributed by atoms with Gasteiger partial charge in [-0.2, -0.15) is 5.10 Å². The number of aryl methyl sites for hydroxylation is 2. The summed E-state index contributed by atoms with van der Waals surface area (Å²) < 4.78 is 5.80. The molecule has 0 bridgehead atoms. The maximum absolute atomic E-state index is 12.1. The van der Waals surface area contributed by atoms with Gasteiger partial charge < -0.3 is 4.74 Å². The second-order valence-electron chi connectivity index (χ2n) is 6.99. The molecule has 1 N–H and O–H groups in total. The van der Waals surface area contributed by atoms with Crippen LogP contribution in [0, 0.1) is 13.8 Å². The molecule has 3 rings (SSSR count). The Morgan fingerprint density at radius 2 is 1.87 bits per heavy atom. The SMILES string of the molecule is Cc1ccc(CC(=O)N/N=C\c2cccc(OCc3ccc(Cl)cc3Cl)c2)cc1C. The number of nitrogens with one attached hydrogen (secondary N) is 1. The standard InChI is InChI=1S/C24H22Cl2N2O2/c1-16-6-7-18(10-17(16)2)12-24(29)28-27-14-19-4-3-5-22(11-19)30-15-20-8-9-21(25)13-23(20)26/h3-11,13-14H,12,15H2,1-2H3,(H,28,29)/b27-14-. The summed E-state index contributed by atoms with van der Waals surface area (Å²) in [6.45, 7) is 4.40. The molecule has 0 radical (unpaired) electrons. The largest absolute Gasteiger partial charge is 0.489 e. The van der Waals surface area contributed by atoms with Crippen molar-refractivity contribution in [2.24, 2.45) is 5.10 Å². The number of halogens is 2. The van der Waals surface area contributed by atoms with Crippen LogP contribution in [0.2, 0.25) is 10.0 Å². The fraction of sp³-hybridized carbons (Fsp3) is 0.167. The number of carbonyl (C=O) groups is 1. The number of amides is 1. The highest BCUT2D eigenvalue weighted by molar-refractivity contribution is 6.35. The van der Waals surface area contributed by atoms with Crippen molar-refractivity contribution < 1.29 is 9.53 Å². The van der Waals surface area contributed by atoms with Crippen molar-refractivity contribution >= 4 is 35.3 Å². The van der Waals surface area contributed by atoms with Crippen LogP contribution >= 0.6 is 23.2 Å². The number of hydrazone groups is 1. The van der Waals surface area contributed by atoms with E-state index in [1.165, 1.54) is 11.1 Å². The first-order valence-electron chi connectivity index (χ1n) is 9.45. The Kier molecular flexibility index (Phi) is 7.50. The van der Waals surface area contributed by atoms with Crippen molar-refractivity contribution in [3.63, 3.8) is 0 Å². The van der Waals surface area contributed by atoms with E-state index in [4.69, 9.17) is 27.9 Å². The predicted octanol–water partition coefficient (Wildman–Crippen LogP) is 5.88. The second kappa shape index (κ2) is 10.3. The molecular weight excluding hydrogens is 419 g/mol. The summed E-state index contributed by atoms with van der Waals surface area (Å²) in [5.74, 6) is 0.505. The lowest BCUT2D eigenvalue weighted by Crippen LogP contribution is -2.19. The minimum absolute atomic E-state index is 0.167. The molecule has 0 aliphatic heterocycles. The van der Waals surface area contributed by atoms with Gasteiger partial charge in [0.25, 0.3) is 0 Å². The van der Waals surface area contributed by atoms with Crippen LogP contribution in [0.25, 0.3) is 0 Å². The van der Waals surface area contributed by atoms with Gasteiger partial charge in [-0.3, -0.25) is 4.79 Å². The zero-order chi connectivity index (χ0) is 21.5. The molecule has 0 unspecified atom stereocenters. The Balaban J connectivity index is 1.54. The average molecular weight is 441 g/mol. The number of nitrogens with zero attached hydrogens (tertiary/aromatic N) is 1. The van der Waals surface area contributed by atoms with E-state index in [0.29, 0.717) is 22.4 Å². The fourth-order valence-electron chi connectivity index (χ4n) is 2.80. The van der Waals surface area contributed by atoms with Crippen LogP contribution in [0.1, 0.15) is 27.8 Å². The molecule has 6 heteroatoms. The van der Waals surface area contributed by atoms with Gasteiger partial charge in [0.2, 0.25) is 5.91 Å². The van der Waals surface area contributed by atoms with E-state index >= 15 is 0 Å². The molecule has 1 amide bonds. The fourth-order valence-corrected chi connectivity index (χ4v) is 3.26. The van der Waals surface area contributed by atoms with Gasteiger partial charge >= 0.3 is 0 Å². The predicted molar refractivity (Wildman–Crippen MR) is 123 cm³/mol. The molecule has 154 valence electrons. The quantitative estimate of drug-likeness (QED) is 0.368. The smallest absolute Gasteiger partial charge is 0.244 e. The van der Waals surface area contributed by atoms with Gasteiger partial charge in [-0.15, -0.1) is 0 Å². The molecule has 4 nitrogen and oxygen atoms in total.